The summed E-state index contributed by atoms with van der Waals surface area (Å²) in [7, 11) is 0. The first-order valence-electron chi connectivity index (χ1n) is 5.88. The molecule has 0 aliphatic carbocycles. The molecule has 0 aliphatic rings. The number of benzene rings is 1. The highest BCUT2D eigenvalue weighted by atomic mass is 32.2. The zero-order valence-electron chi connectivity index (χ0n) is 10.3. The van der Waals surface area contributed by atoms with Crippen molar-refractivity contribution in [1.82, 2.24) is 0 Å². The van der Waals surface area contributed by atoms with Gasteiger partial charge in [0.15, 0.2) is 0 Å². The molecule has 1 rings (SSSR count). The summed E-state index contributed by atoms with van der Waals surface area (Å²) in [6, 6.07) is 9.87. The van der Waals surface area contributed by atoms with E-state index in [1.54, 1.807) is 0 Å². The zero-order valence-corrected chi connectivity index (χ0v) is 11.1. The first kappa shape index (κ1) is 13.8. The molecule has 92 valence electrons. The van der Waals surface area contributed by atoms with Crippen molar-refractivity contribution in [2.45, 2.75) is 31.6 Å². The number of hydrogen-bond donors (Lipinski definition) is 0. The third-order valence-electron chi connectivity index (χ3n) is 2.07. The second-order valence-electron chi connectivity index (χ2n) is 3.49. The van der Waals surface area contributed by atoms with Gasteiger partial charge in [0, 0.05) is 4.90 Å². The van der Waals surface area contributed by atoms with Gasteiger partial charge in [-0.2, -0.15) is 0 Å². The first-order valence-corrected chi connectivity index (χ1v) is 6.69. The number of ether oxygens (including phenoxy) is 1. The maximum Gasteiger partial charge on any atom is 0.344 e. The van der Waals surface area contributed by atoms with Gasteiger partial charge in [-0.25, -0.2) is 4.79 Å². The van der Waals surface area contributed by atoms with E-state index < -0.39 is 0 Å². The standard InChI is InChI=1S/C14H18O2S/c1-3-5-11-13(14(15)16-4-2)17-12-9-7-6-8-10-12/h6-11H,3-5H2,1-2H3/b13-11-. The molecule has 0 spiro atoms. The Balaban J connectivity index is 2.74. The van der Waals surface area contributed by atoms with E-state index in [0.29, 0.717) is 11.5 Å². The Morgan fingerprint density at radius 1 is 1.29 bits per heavy atom. The lowest BCUT2D eigenvalue weighted by atomic mass is 10.3. The Hall–Kier alpha value is -1.22. The van der Waals surface area contributed by atoms with Crippen LogP contribution in [0.15, 0.2) is 46.2 Å². The molecular formula is C14H18O2S. The quantitative estimate of drug-likeness (QED) is 0.433. The van der Waals surface area contributed by atoms with E-state index in [0.717, 1.165) is 17.7 Å². The highest BCUT2D eigenvalue weighted by Gasteiger charge is 2.11. The fourth-order valence-corrected chi connectivity index (χ4v) is 2.15. The molecule has 0 fully saturated rings. The van der Waals surface area contributed by atoms with Crippen LogP contribution in [-0.4, -0.2) is 12.6 Å². The highest BCUT2D eigenvalue weighted by molar-refractivity contribution is 8.04. The van der Waals surface area contributed by atoms with Crippen LogP contribution < -0.4 is 0 Å². The van der Waals surface area contributed by atoms with Gasteiger partial charge < -0.3 is 4.74 Å². The Morgan fingerprint density at radius 3 is 2.59 bits per heavy atom. The molecule has 17 heavy (non-hydrogen) atoms. The zero-order chi connectivity index (χ0) is 12.5. The van der Waals surface area contributed by atoms with Gasteiger partial charge in [0.2, 0.25) is 0 Å². The van der Waals surface area contributed by atoms with Crippen LogP contribution in [0.25, 0.3) is 0 Å². The largest absolute Gasteiger partial charge is 0.462 e. The molecule has 0 atom stereocenters. The topological polar surface area (TPSA) is 26.3 Å². The molecule has 1 aromatic rings. The number of thioether (sulfide) groups is 1. The van der Waals surface area contributed by atoms with Crippen molar-refractivity contribution in [1.29, 1.82) is 0 Å². The predicted octanol–water partition coefficient (Wildman–Crippen LogP) is 4.03. The van der Waals surface area contributed by atoms with E-state index in [9.17, 15) is 4.79 Å². The van der Waals surface area contributed by atoms with Crippen LogP contribution in [0.2, 0.25) is 0 Å². The maximum atomic E-state index is 11.7. The third kappa shape index (κ3) is 5.09. The average Bonchev–Trinajstić information content (AvgIpc) is 2.36. The van der Waals surface area contributed by atoms with Crippen molar-refractivity contribution in [3.05, 3.63) is 41.3 Å². The van der Waals surface area contributed by atoms with E-state index in [1.807, 2.05) is 43.3 Å². The summed E-state index contributed by atoms with van der Waals surface area (Å²) in [5.74, 6) is -0.227. The molecular weight excluding hydrogens is 232 g/mol. The van der Waals surface area contributed by atoms with Crippen molar-refractivity contribution < 1.29 is 9.53 Å². The summed E-state index contributed by atoms with van der Waals surface area (Å²) in [5, 5.41) is 0. The van der Waals surface area contributed by atoms with Crippen molar-refractivity contribution in [2.75, 3.05) is 6.61 Å². The molecule has 0 saturated heterocycles. The van der Waals surface area contributed by atoms with Crippen LogP contribution in [0, 0.1) is 0 Å². The van der Waals surface area contributed by atoms with Crippen LogP contribution in [-0.2, 0) is 9.53 Å². The Kier molecular flexibility index (Phi) is 6.48. The minimum absolute atomic E-state index is 0.227. The smallest absolute Gasteiger partial charge is 0.344 e. The minimum Gasteiger partial charge on any atom is -0.462 e. The van der Waals surface area contributed by atoms with E-state index in [-0.39, 0.29) is 5.97 Å². The van der Waals surface area contributed by atoms with Crippen LogP contribution in [0.1, 0.15) is 26.7 Å². The third-order valence-corrected chi connectivity index (χ3v) is 3.13. The molecule has 0 amide bonds. The average molecular weight is 250 g/mol. The van der Waals surface area contributed by atoms with Crippen LogP contribution >= 0.6 is 11.8 Å². The lowest BCUT2D eigenvalue weighted by Crippen LogP contribution is -2.05. The number of carbonyl (C=O) groups is 1. The molecule has 1 aromatic carbocycles. The first-order chi connectivity index (χ1) is 8.27. The number of esters is 1. The molecule has 0 bridgehead atoms. The fourth-order valence-electron chi connectivity index (χ4n) is 1.26. The monoisotopic (exact) mass is 250 g/mol. The normalized spacial score (nSPS) is 11.3. The van der Waals surface area contributed by atoms with E-state index in [2.05, 4.69) is 6.92 Å². The van der Waals surface area contributed by atoms with Gasteiger partial charge in [-0.3, -0.25) is 0 Å². The van der Waals surface area contributed by atoms with E-state index in [4.69, 9.17) is 4.74 Å². The summed E-state index contributed by atoms with van der Waals surface area (Å²) in [4.78, 5) is 13.5. The molecule has 0 radical (unpaired) electrons. The Morgan fingerprint density at radius 2 is 2.00 bits per heavy atom. The highest BCUT2D eigenvalue weighted by Crippen LogP contribution is 2.27. The number of hydrogen-bond acceptors (Lipinski definition) is 3. The van der Waals surface area contributed by atoms with Gasteiger partial charge in [0.05, 0.1) is 11.5 Å². The molecule has 0 aliphatic heterocycles. The summed E-state index contributed by atoms with van der Waals surface area (Å²) in [5.41, 5.74) is 0. The number of rotatable bonds is 6. The lowest BCUT2D eigenvalue weighted by molar-refractivity contribution is -0.137. The van der Waals surface area contributed by atoms with E-state index in [1.165, 1.54) is 11.8 Å². The Bertz CT molecular complexity index is 371. The SMILES string of the molecule is CCC/C=C(\Sc1ccccc1)C(=O)OCC. The van der Waals surface area contributed by atoms with Gasteiger partial charge in [-0.1, -0.05) is 49.4 Å². The molecule has 0 aromatic heterocycles. The second kappa shape index (κ2) is 7.96. The summed E-state index contributed by atoms with van der Waals surface area (Å²) in [6.45, 7) is 4.33. The number of carbonyl (C=O) groups excluding carboxylic acids is 1. The predicted molar refractivity (Wildman–Crippen MR) is 71.9 cm³/mol. The van der Waals surface area contributed by atoms with Gasteiger partial charge in [-0.15, -0.1) is 0 Å². The number of unbranched alkanes of at least 4 members (excludes halogenated alkanes) is 1. The minimum atomic E-state index is -0.227. The molecule has 0 unspecified atom stereocenters. The van der Waals surface area contributed by atoms with Gasteiger partial charge in [-0.05, 0) is 25.5 Å². The molecule has 3 heteroatoms. The maximum absolute atomic E-state index is 11.7. The van der Waals surface area contributed by atoms with Crippen molar-refractivity contribution >= 4 is 17.7 Å². The lowest BCUT2D eigenvalue weighted by Gasteiger charge is -2.06. The van der Waals surface area contributed by atoms with Gasteiger partial charge in [0.1, 0.15) is 0 Å². The van der Waals surface area contributed by atoms with E-state index >= 15 is 0 Å². The Labute approximate surface area is 107 Å². The molecule has 0 N–H and O–H groups in total. The fraction of sp³-hybridized carbons (Fsp3) is 0.357. The summed E-state index contributed by atoms with van der Waals surface area (Å²) < 4.78 is 5.05. The van der Waals surface area contributed by atoms with Crippen LogP contribution in [0.5, 0.6) is 0 Å². The molecule has 2 nitrogen and oxygen atoms in total. The number of allylic oxidation sites excluding steroid dienone is 1. The second-order valence-corrected chi connectivity index (χ2v) is 4.61. The van der Waals surface area contributed by atoms with Crippen LogP contribution in [0.4, 0.5) is 0 Å². The van der Waals surface area contributed by atoms with Crippen molar-refractivity contribution in [2.24, 2.45) is 0 Å². The van der Waals surface area contributed by atoms with Crippen LogP contribution in [0.3, 0.4) is 0 Å². The summed E-state index contributed by atoms with van der Waals surface area (Å²) >= 11 is 1.46. The van der Waals surface area contributed by atoms with Crippen molar-refractivity contribution in [3.8, 4) is 0 Å². The van der Waals surface area contributed by atoms with Crippen molar-refractivity contribution in [3.63, 3.8) is 0 Å². The summed E-state index contributed by atoms with van der Waals surface area (Å²) in [6.07, 6.45) is 3.88. The van der Waals surface area contributed by atoms with Gasteiger partial charge in [0.25, 0.3) is 0 Å². The molecule has 0 saturated carbocycles. The molecule has 0 heterocycles. The van der Waals surface area contributed by atoms with Gasteiger partial charge >= 0.3 is 5.97 Å².